The molecule has 1 aromatic rings. The van der Waals surface area contributed by atoms with Crippen LogP contribution in [0.1, 0.15) is 10.4 Å². The van der Waals surface area contributed by atoms with Crippen LogP contribution in [0.4, 0.5) is 13.2 Å². The summed E-state index contributed by atoms with van der Waals surface area (Å²) in [6, 6.07) is 0.259. The third kappa shape index (κ3) is 2.64. The van der Waals surface area contributed by atoms with Crippen LogP contribution in [0.15, 0.2) is 6.07 Å². The second-order valence-corrected chi connectivity index (χ2v) is 2.37. The van der Waals surface area contributed by atoms with Gasteiger partial charge < -0.3 is 9.84 Å². The van der Waals surface area contributed by atoms with Crippen molar-refractivity contribution in [2.24, 2.45) is 0 Å². The maximum absolute atomic E-state index is 13.1. The molecule has 1 N–H and O–H groups in total. The van der Waals surface area contributed by atoms with E-state index < -0.39 is 34.7 Å². The Morgan fingerprint density at radius 3 is 2.27 bits per heavy atom. The summed E-state index contributed by atoms with van der Waals surface area (Å²) < 4.78 is 42.7. The van der Waals surface area contributed by atoms with Gasteiger partial charge in [0.05, 0.1) is 7.11 Å². The molecule has 0 radical (unpaired) electrons. The second-order valence-electron chi connectivity index (χ2n) is 2.37. The van der Waals surface area contributed by atoms with E-state index in [9.17, 15) is 18.0 Å². The molecule has 1 rings (SSSR count). The van der Waals surface area contributed by atoms with Crippen LogP contribution in [0, 0.1) is 17.5 Å². The van der Waals surface area contributed by atoms with Crippen LogP contribution in [0.2, 0.25) is 0 Å². The summed E-state index contributed by atoms with van der Waals surface area (Å²) in [5.41, 5.74) is -0.972. The average Bonchev–Trinajstić information content (AvgIpc) is 2.12. The Hall–Kier alpha value is -0.720. The first-order chi connectivity index (χ1) is 6.49. The third-order valence-electron chi connectivity index (χ3n) is 1.55. The van der Waals surface area contributed by atoms with Crippen LogP contribution in [-0.2, 0) is 0 Å². The number of aromatic carboxylic acids is 1. The Balaban J connectivity index is 0.00000196. The van der Waals surface area contributed by atoms with Crippen molar-refractivity contribution in [2.45, 2.75) is 0 Å². The fourth-order valence-electron chi connectivity index (χ4n) is 0.915. The van der Waals surface area contributed by atoms with E-state index in [1.807, 2.05) is 0 Å². The summed E-state index contributed by atoms with van der Waals surface area (Å²) >= 11 is 0. The van der Waals surface area contributed by atoms with Gasteiger partial charge in [-0.3, -0.25) is 0 Å². The Morgan fingerprint density at radius 1 is 1.33 bits per heavy atom. The number of hydrogen-bond donors (Lipinski definition) is 1. The van der Waals surface area contributed by atoms with Crippen LogP contribution in [0.25, 0.3) is 0 Å². The van der Waals surface area contributed by atoms with Crippen molar-refractivity contribution in [2.75, 3.05) is 7.11 Å². The first-order valence-corrected chi connectivity index (χ1v) is 3.43. The van der Waals surface area contributed by atoms with E-state index in [0.29, 0.717) is 0 Å². The van der Waals surface area contributed by atoms with E-state index in [-0.39, 0.29) is 35.6 Å². The predicted octanol–water partition coefficient (Wildman–Crippen LogP) is 1.16. The number of ether oxygens (including phenoxy) is 1. The minimum atomic E-state index is -1.69. The van der Waals surface area contributed by atoms with Gasteiger partial charge in [0.2, 0.25) is 5.82 Å². The number of carboxylic acid groups (broad SMARTS) is 1. The van der Waals surface area contributed by atoms with E-state index in [4.69, 9.17) is 5.11 Å². The molecule has 0 aliphatic carbocycles. The number of hydrogen-bond acceptors (Lipinski definition) is 2. The summed E-state index contributed by atoms with van der Waals surface area (Å²) in [7, 11) is 0.909. The molecule has 0 spiro atoms. The third-order valence-corrected chi connectivity index (χ3v) is 1.55. The molecule has 7 heteroatoms. The molecular formula is C8H6F3NaO3. The number of carboxylic acids is 1. The molecule has 78 valence electrons. The van der Waals surface area contributed by atoms with Gasteiger partial charge in [-0.15, -0.1) is 0 Å². The summed E-state index contributed by atoms with van der Waals surface area (Å²) in [5.74, 6) is -7.18. The van der Waals surface area contributed by atoms with Gasteiger partial charge in [-0.25, -0.2) is 13.6 Å². The van der Waals surface area contributed by atoms with Gasteiger partial charge in [-0.2, -0.15) is 4.39 Å². The summed E-state index contributed by atoms with van der Waals surface area (Å²) in [4.78, 5) is 10.4. The SMILES string of the molecule is COc1c(F)c(F)cc(C(=O)O)c1F.[NaH]. The van der Waals surface area contributed by atoms with Crippen LogP contribution in [0.3, 0.4) is 0 Å². The van der Waals surface area contributed by atoms with Gasteiger partial charge in [-0.05, 0) is 6.07 Å². The molecule has 0 saturated heterocycles. The zero-order valence-corrected chi connectivity index (χ0v) is 6.97. The number of benzene rings is 1. The zero-order valence-electron chi connectivity index (χ0n) is 6.97. The van der Waals surface area contributed by atoms with Gasteiger partial charge in [0, 0.05) is 0 Å². The second kappa shape index (κ2) is 5.39. The van der Waals surface area contributed by atoms with Crippen LogP contribution in [0.5, 0.6) is 5.75 Å². The fourth-order valence-corrected chi connectivity index (χ4v) is 0.915. The molecule has 15 heavy (non-hydrogen) atoms. The molecule has 0 heterocycles. The standard InChI is InChI=1S/C8H5F3O3.Na.H/c1-14-7-5(10)3(8(12)13)2-4(9)6(7)11;;/h2H,1H3,(H,12,13);;. The zero-order chi connectivity index (χ0) is 10.9. The Morgan fingerprint density at radius 2 is 1.87 bits per heavy atom. The normalized spacial score (nSPS) is 9.33. The Labute approximate surface area is 105 Å². The van der Waals surface area contributed by atoms with Crippen molar-refractivity contribution < 1.29 is 27.8 Å². The molecule has 0 fully saturated rings. The molecule has 3 nitrogen and oxygen atoms in total. The van der Waals surface area contributed by atoms with E-state index in [2.05, 4.69) is 4.74 Å². The van der Waals surface area contributed by atoms with E-state index >= 15 is 0 Å². The molecule has 0 aliphatic heterocycles. The monoisotopic (exact) mass is 230 g/mol. The summed E-state index contributed by atoms with van der Waals surface area (Å²) in [6.45, 7) is 0. The average molecular weight is 230 g/mol. The topological polar surface area (TPSA) is 46.5 Å². The van der Waals surface area contributed by atoms with Crippen molar-refractivity contribution >= 4 is 35.5 Å². The summed E-state index contributed by atoms with van der Waals surface area (Å²) in [5, 5.41) is 8.42. The molecule has 0 aliphatic rings. The van der Waals surface area contributed by atoms with Crippen LogP contribution < -0.4 is 4.74 Å². The maximum atomic E-state index is 13.1. The molecule has 0 bridgehead atoms. The van der Waals surface area contributed by atoms with E-state index in [1.165, 1.54) is 0 Å². The van der Waals surface area contributed by atoms with Crippen molar-refractivity contribution in [3.05, 3.63) is 29.1 Å². The fraction of sp³-hybridized carbons (Fsp3) is 0.125. The van der Waals surface area contributed by atoms with Crippen molar-refractivity contribution in [3.8, 4) is 5.75 Å². The first kappa shape index (κ1) is 14.3. The molecule has 0 aromatic heterocycles. The van der Waals surface area contributed by atoms with Gasteiger partial charge in [0.25, 0.3) is 0 Å². The Bertz CT molecular complexity index is 395. The van der Waals surface area contributed by atoms with Gasteiger partial charge in [0.1, 0.15) is 5.56 Å². The predicted molar refractivity (Wildman–Crippen MR) is 47.0 cm³/mol. The molecule has 0 atom stereocenters. The van der Waals surface area contributed by atoms with Gasteiger partial charge in [-0.1, -0.05) is 0 Å². The molecule has 0 amide bonds. The van der Waals surface area contributed by atoms with Crippen LogP contribution in [-0.4, -0.2) is 47.7 Å². The number of rotatable bonds is 2. The van der Waals surface area contributed by atoms with Crippen molar-refractivity contribution in [1.82, 2.24) is 0 Å². The van der Waals surface area contributed by atoms with Crippen molar-refractivity contribution in [1.29, 1.82) is 0 Å². The minimum absolute atomic E-state index is 0. The van der Waals surface area contributed by atoms with E-state index in [0.717, 1.165) is 7.11 Å². The number of carbonyl (C=O) groups is 1. The van der Waals surface area contributed by atoms with Crippen LogP contribution >= 0.6 is 0 Å². The molecule has 0 unspecified atom stereocenters. The summed E-state index contributed by atoms with van der Waals surface area (Å²) in [6.07, 6.45) is 0. The number of halogens is 3. The van der Waals surface area contributed by atoms with E-state index in [1.54, 1.807) is 0 Å². The first-order valence-electron chi connectivity index (χ1n) is 3.43. The Kier molecular flexibility index (Phi) is 5.13. The van der Waals surface area contributed by atoms with Gasteiger partial charge in [0.15, 0.2) is 17.4 Å². The molecular weight excluding hydrogens is 224 g/mol. The molecule has 0 saturated carbocycles. The van der Waals surface area contributed by atoms with Crippen molar-refractivity contribution in [3.63, 3.8) is 0 Å². The van der Waals surface area contributed by atoms with Gasteiger partial charge >= 0.3 is 35.5 Å². The quantitative estimate of drug-likeness (QED) is 0.612. The number of methoxy groups -OCH3 is 1. The molecule has 1 aromatic carbocycles.